The lowest BCUT2D eigenvalue weighted by atomic mass is 10.0. The molecule has 22 heavy (non-hydrogen) atoms. The van der Waals surface area contributed by atoms with Crippen molar-refractivity contribution in [1.29, 1.82) is 0 Å². The van der Waals surface area contributed by atoms with Gasteiger partial charge in [-0.25, -0.2) is 0 Å². The summed E-state index contributed by atoms with van der Waals surface area (Å²) in [5, 5.41) is 5.08. The summed E-state index contributed by atoms with van der Waals surface area (Å²) in [6.45, 7) is 3.93. The third-order valence-electron chi connectivity index (χ3n) is 3.46. The van der Waals surface area contributed by atoms with E-state index < -0.39 is 0 Å². The summed E-state index contributed by atoms with van der Waals surface area (Å²) in [4.78, 5) is 0. The van der Waals surface area contributed by atoms with Crippen LogP contribution in [0.4, 0.5) is 5.69 Å². The molecule has 0 saturated heterocycles. The van der Waals surface area contributed by atoms with Crippen LogP contribution in [0.15, 0.2) is 71.0 Å². The van der Waals surface area contributed by atoms with Crippen molar-refractivity contribution in [3.05, 3.63) is 76.5 Å². The standard InChI is InChI=1S/C18H20ClN3/c1-13(18(20)12-15-6-4-3-5-7-15)14(2)21-22-17-10-8-16(19)9-11-17/h3-11,22H,12,20H2,1-2H3. The van der Waals surface area contributed by atoms with E-state index in [2.05, 4.69) is 22.7 Å². The normalized spacial score (nSPS) is 12.8. The Morgan fingerprint density at radius 2 is 1.68 bits per heavy atom. The van der Waals surface area contributed by atoms with Crippen molar-refractivity contribution in [3.8, 4) is 0 Å². The number of allylic oxidation sites excluding steroid dienone is 2. The number of nitrogens with two attached hydrogens (primary N) is 1. The Balaban J connectivity index is 2.06. The van der Waals surface area contributed by atoms with Crippen LogP contribution in [0, 0.1) is 0 Å². The first-order chi connectivity index (χ1) is 10.6. The largest absolute Gasteiger partial charge is 0.401 e. The van der Waals surface area contributed by atoms with Crippen LogP contribution in [0.2, 0.25) is 5.02 Å². The molecule has 0 aromatic heterocycles. The van der Waals surface area contributed by atoms with Crippen molar-refractivity contribution in [1.82, 2.24) is 0 Å². The molecular formula is C18H20ClN3. The van der Waals surface area contributed by atoms with E-state index in [1.54, 1.807) is 0 Å². The zero-order valence-corrected chi connectivity index (χ0v) is 13.6. The molecule has 3 N–H and O–H groups in total. The molecule has 4 heteroatoms. The molecule has 0 bridgehead atoms. The van der Waals surface area contributed by atoms with Crippen LogP contribution in [-0.4, -0.2) is 5.71 Å². The summed E-state index contributed by atoms with van der Waals surface area (Å²) in [6, 6.07) is 17.6. The van der Waals surface area contributed by atoms with Gasteiger partial charge in [-0.3, -0.25) is 5.43 Å². The minimum Gasteiger partial charge on any atom is -0.401 e. The highest BCUT2D eigenvalue weighted by Gasteiger charge is 2.03. The van der Waals surface area contributed by atoms with Gasteiger partial charge in [0.1, 0.15) is 0 Å². The van der Waals surface area contributed by atoms with Crippen LogP contribution in [0.25, 0.3) is 0 Å². The van der Waals surface area contributed by atoms with Crippen molar-refractivity contribution >= 4 is 23.0 Å². The van der Waals surface area contributed by atoms with Crippen molar-refractivity contribution in [2.24, 2.45) is 10.8 Å². The first-order valence-electron chi connectivity index (χ1n) is 7.11. The Labute approximate surface area is 136 Å². The Kier molecular flexibility index (Phi) is 5.61. The SMILES string of the molecule is CC(=NNc1ccc(Cl)cc1)C(C)=C(N)Cc1ccccc1. The molecule has 0 radical (unpaired) electrons. The topological polar surface area (TPSA) is 50.4 Å². The Morgan fingerprint density at radius 3 is 2.32 bits per heavy atom. The quantitative estimate of drug-likeness (QED) is 0.626. The molecule has 0 aliphatic heterocycles. The van der Waals surface area contributed by atoms with Gasteiger partial charge in [-0.05, 0) is 49.2 Å². The van der Waals surface area contributed by atoms with E-state index in [1.165, 1.54) is 5.56 Å². The van der Waals surface area contributed by atoms with Crippen LogP contribution in [0.1, 0.15) is 19.4 Å². The maximum absolute atomic E-state index is 6.19. The number of rotatable bonds is 5. The molecule has 0 atom stereocenters. The lowest BCUT2D eigenvalue weighted by molar-refractivity contribution is 1.08. The molecule has 0 aliphatic rings. The molecule has 0 aliphatic carbocycles. The van der Waals surface area contributed by atoms with Gasteiger partial charge >= 0.3 is 0 Å². The van der Waals surface area contributed by atoms with Gasteiger partial charge in [0.15, 0.2) is 0 Å². The zero-order chi connectivity index (χ0) is 15.9. The number of nitrogens with one attached hydrogen (secondary N) is 1. The maximum Gasteiger partial charge on any atom is 0.0622 e. The zero-order valence-electron chi connectivity index (χ0n) is 12.8. The Bertz CT molecular complexity index is 673. The van der Waals surface area contributed by atoms with Gasteiger partial charge in [0.05, 0.1) is 11.4 Å². The second-order valence-corrected chi connectivity index (χ2v) is 5.56. The highest BCUT2D eigenvalue weighted by molar-refractivity contribution is 6.30. The average molecular weight is 314 g/mol. The van der Waals surface area contributed by atoms with Gasteiger partial charge in [-0.2, -0.15) is 5.10 Å². The van der Waals surface area contributed by atoms with Crippen LogP contribution >= 0.6 is 11.6 Å². The van der Waals surface area contributed by atoms with Crippen molar-refractivity contribution < 1.29 is 0 Å². The van der Waals surface area contributed by atoms with E-state index in [1.807, 2.05) is 56.3 Å². The fourth-order valence-corrected chi connectivity index (χ4v) is 2.06. The Hall–Kier alpha value is -2.26. The van der Waals surface area contributed by atoms with E-state index in [-0.39, 0.29) is 0 Å². The fraction of sp³-hybridized carbons (Fsp3) is 0.167. The van der Waals surface area contributed by atoms with Gasteiger partial charge in [0, 0.05) is 17.1 Å². The van der Waals surface area contributed by atoms with Gasteiger partial charge in [-0.15, -0.1) is 0 Å². The maximum atomic E-state index is 6.19. The number of benzene rings is 2. The van der Waals surface area contributed by atoms with Gasteiger partial charge < -0.3 is 5.73 Å². The molecule has 0 heterocycles. The summed E-state index contributed by atoms with van der Waals surface area (Å²) >= 11 is 5.86. The molecule has 2 rings (SSSR count). The lowest BCUT2D eigenvalue weighted by Crippen LogP contribution is -2.10. The van der Waals surface area contributed by atoms with E-state index in [4.69, 9.17) is 17.3 Å². The second kappa shape index (κ2) is 7.66. The number of hydrazone groups is 1. The van der Waals surface area contributed by atoms with E-state index in [0.29, 0.717) is 5.02 Å². The van der Waals surface area contributed by atoms with Crippen LogP contribution in [-0.2, 0) is 6.42 Å². The third-order valence-corrected chi connectivity index (χ3v) is 3.71. The van der Waals surface area contributed by atoms with E-state index in [9.17, 15) is 0 Å². The number of halogens is 1. The highest BCUT2D eigenvalue weighted by atomic mass is 35.5. The van der Waals surface area contributed by atoms with Crippen molar-refractivity contribution in [2.45, 2.75) is 20.3 Å². The molecule has 0 spiro atoms. The molecule has 0 unspecified atom stereocenters. The van der Waals surface area contributed by atoms with Crippen molar-refractivity contribution in [3.63, 3.8) is 0 Å². The van der Waals surface area contributed by atoms with Crippen LogP contribution < -0.4 is 11.2 Å². The number of hydrogen-bond donors (Lipinski definition) is 2. The highest BCUT2D eigenvalue weighted by Crippen LogP contribution is 2.14. The Morgan fingerprint density at radius 1 is 1.05 bits per heavy atom. The molecule has 0 amide bonds. The third kappa shape index (κ3) is 4.64. The summed E-state index contributed by atoms with van der Waals surface area (Å²) in [7, 11) is 0. The summed E-state index contributed by atoms with van der Waals surface area (Å²) in [5.74, 6) is 0. The monoisotopic (exact) mass is 313 g/mol. The molecular weight excluding hydrogens is 294 g/mol. The lowest BCUT2D eigenvalue weighted by Gasteiger charge is -2.09. The molecule has 2 aromatic carbocycles. The summed E-state index contributed by atoms with van der Waals surface area (Å²) < 4.78 is 0. The van der Waals surface area contributed by atoms with Gasteiger partial charge in [0.2, 0.25) is 0 Å². The smallest absolute Gasteiger partial charge is 0.0622 e. The van der Waals surface area contributed by atoms with Crippen molar-refractivity contribution in [2.75, 3.05) is 5.43 Å². The molecule has 0 saturated carbocycles. The molecule has 3 nitrogen and oxygen atoms in total. The van der Waals surface area contributed by atoms with Crippen LogP contribution in [0.3, 0.4) is 0 Å². The minimum absolute atomic E-state index is 0.703. The number of hydrogen-bond acceptors (Lipinski definition) is 3. The summed E-state index contributed by atoms with van der Waals surface area (Å²) in [5.41, 5.74) is 14.0. The first-order valence-corrected chi connectivity index (χ1v) is 7.49. The van der Waals surface area contributed by atoms with E-state index in [0.717, 1.165) is 29.1 Å². The predicted octanol–water partition coefficient (Wildman–Crippen LogP) is 4.60. The first kappa shape index (κ1) is 16.1. The average Bonchev–Trinajstić information content (AvgIpc) is 2.54. The predicted molar refractivity (Wildman–Crippen MR) is 95.2 cm³/mol. The molecule has 2 aromatic rings. The fourth-order valence-electron chi connectivity index (χ4n) is 1.94. The van der Waals surface area contributed by atoms with Gasteiger partial charge in [0.25, 0.3) is 0 Å². The minimum atomic E-state index is 0.703. The molecule has 114 valence electrons. The summed E-state index contributed by atoms with van der Waals surface area (Å²) in [6.07, 6.45) is 0.723. The van der Waals surface area contributed by atoms with Gasteiger partial charge in [-0.1, -0.05) is 41.9 Å². The molecule has 0 fully saturated rings. The van der Waals surface area contributed by atoms with E-state index >= 15 is 0 Å². The van der Waals surface area contributed by atoms with Crippen LogP contribution in [0.5, 0.6) is 0 Å². The second-order valence-electron chi connectivity index (χ2n) is 5.13. The number of anilines is 1. The number of nitrogens with zero attached hydrogens (tertiary/aromatic N) is 1.